The lowest BCUT2D eigenvalue weighted by molar-refractivity contribution is 0.0691. The second-order valence-electron chi connectivity index (χ2n) is 3.74. The van der Waals surface area contributed by atoms with E-state index in [9.17, 15) is 17.6 Å². The summed E-state index contributed by atoms with van der Waals surface area (Å²) in [5.74, 6) is -2.17. The summed E-state index contributed by atoms with van der Waals surface area (Å²) in [5.41, 5.74) is -0.312. The van der Waals surface area contributed by atoms with E-state index in [1.165, 1.54) is 12.1 Å². The number of hydrogen-bond acceptors (Lipinski definition) is 5. The first kappa shape index (κ1) is 13.2. The quantitative estimate of drug-likeness (QED) is 0.919. The average Bonchev–Trinajstić information content (AvgIpc) is 2.74. The molecule has 0 aliphatic carbocycles. The van der Waals surface area contributed by atoms with E-state index in [4.69, 9.17) is 9.52 Å². The van der Waals surface area contributed by atoms with Crippen molar-refractivity contribution in [2.24, 2.45) is 0 Å². The molecule has 2 rings (SSSR count). The van der Waals surface area contributed by atoms with Gasteiger partial charge in [-0.3, -0.25) is 0 Å². The van der Waals surface area contributed by atoms with Crippen LogP contribution >= 0.6 is 0 Å². The molecule has 0 unspecified atom stereocenters. The predicted octanol–water partition coefficient (Wildman–Crippen LogP) is 1.58. The van der Waals surface area contributed by atoms with Gasteiger partial charge >= 0.3 is 11.2 Å². The van der Waals surface area contributed by atoms with E-state index in [-0.39, 0.29) is 11.3 Å². The Labute approximate surface area is 107 Å². The number of carbonyl (C=O) groups is 1. The summed E-state index contributed by atoms with van der Waals surface area (Å²) in [6, 6.07) is 4.75. The van der Waals surface area contributed by atoms with Crippen LogP contribution in [0.1, 0.15) is 10.5 Å². The van der Waals surface area contributed by atoms with Crippen molar-refractivity contribution in [3.8, 4) is 11.3 Å². The number of carboxylic acids is 1. The third-order valence-corrected chi connectivity index (χ3v) is 3.04. The lowest BCUT2D eigenvalue weighted by Crippen LogP contribution is -2.01. The molecule has 8 heteroatoms. The van der Waals surface area contributed by atoms with E-state index >= 15 is 0 Å². The van der Waals surface area contributed by atoms with Crippen molar-refractivity contribution in [2.45, 2.75) is 5.22 Å². The second-order valence-corrected chi connectivity index (χ2v) is 5.64. The minimum absolute atomic E-state index is 0.223. The van der Waals surface area contributed by atoms with Gasteiger partial charge in [-0.2, -0.15) is 4.98 Å². The number of nitrogens with zero attached hydrogens (tertiary/aromatic N) is 1. The van der Waals surface area contributed by atoms with Gasteiger partial charge in [0.15, 0.2) is 11.5 Å². The topological polar surface area (TPSA) is 97.5 Å². The van der Waals surface area contributed by atoms with E-state index in [1.807, 2.05) is 0 Å². The molecule has 1 heterocycles. The summed E-state index contributed by atoms with van der Waals surface area (Å²) in [6.45, 7) is 0. The van der Waals surface area contributed by atoms with E-state index in [0.29, 0.717) is 0 Å². The fourth-order valence-electron chi connectivity index (χ4n) is 1.40. The number of aromatic nitrogens is 1. The number of oxazole rings is 1. The minimum Gasteiger partial charge on any atom is -0.476 e. The molecule has 1 aromatic carbocycles. The van der Waals surface area contributed by atoms with E-state index < -0.39 is 32.5 Å². The highest BCUT2D eigenvalue weighted by molar-refractivity contribution is 7.90. The molecular weight excluding hydrogens is 277 g/mol. The van der Waals surface area contributed by atoms with Crippen molar-refractivity contribution in [3.63, 3.8) is 0 Å². The Morgan fingerprint density at radius 2 is 1.89 bits per heavy atom. The molecule has 6 nitrogen and oxygen atoms in total. The Bertz CT molecular complexity index is 733. The van der Waals surface area contributed by atoms with Crippen molar-refractivity contribution >= 4 is 15.8 Å². The zero-order valence-electron chi connectivity index (χ0n) is 9.62. The van der Waals surface area contributed by atoms with Gasteiger partial charge in [0.25, 0.3) is 0 Å². The van der Waals surface area contributed by atoms with Crippen molar-refractivity contribution in [1.29, 1.82) is 0 Å². The van der Waals surface area contributed by atoms with Crippen LogP contribution < -0.4 is 0 Å². The molecule has 1 aromatic heterocycles. The summed E-state index contributed by atoms with van der Waals surface area (Å²) >= 11 is 0. The summed E-state index contributed by atoms with van der Waals surface area (Å²) in [7, 11) is -3.77. The first-order valence-electron chi connectivity index (χ1n) is 4.99. The Hall–Kier alpha value is -2.22. The number of sulfone groups is 1. The molecule has 0 radical (unpaired) electrons. The molecule has 19 heavy (non-hydrogen) atoms. The highest BCUT2D eigenvalue weighted by Gasteiger charge is 2.25. The second kappa shape index (κ2) is 4.47. The fraction of sp³-hybridized carbons (Fsp3) is 0.0909. The molecular formula is C11H8FNO5S. The molecule has 2 aromatic rings. The summed E-state index contributed by atoms with van der Waals surface area (Å²) in [5, 5.41) is 8.28. The maximum absolute atomic E-state index is 12.8. The lowest BCUT2D eigenvalue weighted by atomic mass is 10.1. The van der Waals surface area contributed by atoms with Crippen LogP contribution in [-0.4, -0.2) is 30.7 Å². The Kier molecular flexibility index (Phi) is 3.11. The first-order valence-corrected chi connectivity index (χ1v) is 6.88. The summed E-state index contributed by atoms with van der Waals surface area (Å²) in [4.78, 5) is 14.4. The third kappa shape index (κ3) is 2.63. The molecule has 0 fully saturated rings. The lowest BCUT2D eigenvalue weighted by Gasteiger charge is -1.97. The van der Waals surface area contributed by atoms with Gasteiger partial charge in [-0.1, -0.05) is 0 Å². The number of carboxylic acid groups (broad SMARTS) is 1. The number of rotatable bonds is 3. The van der Waals surface area contributed by atoms with Crippen LogP contribution in [0.3, 0.4) is 0 Å². The average molecular weight is 285 g/mol. The molecule has 0 saturated carbocycles. The van der Waals surface area contributed by atoms with Gasteiger partial charge in [0.05, 0.1) is 0 Å². The van der Waals surface area contributed by atoms with Gasteiger partial charge in [0.2, 0.25) is 9.84 Å². The van der Waals surface area contributed by atoms with Gasteiger partial charge in [-0.15, -0.1) is 0 Å². The molecule has 0 aliphatic heterocycles. The molecule has 0 spiro atoms. The predicted molar refractivity (Wildman–Crippen MR) is 62.0 cm³/mol. The maximum Gasteiger partial charge on any atom is 0.358 e. The SMILES string of the molecule is CS(=O)(=O)c1nc(C(=O)O)c(-c2ccc(F)cc2)o1. The van der Waals surface area contributed by atoms with Gasteiger partial charge in [-0.25, -0.2) is 17.6 Å². The van der Waals surface area contributed by atoms with Gasteiger partial charge in [0.1, 0.15) is 5.82 Å². The van der Waals surface area contributed by atoms with Crippen LogP contribution in [0.2, 0.25) is 0 Å². The number of halogens is 1. The smallest absolute Gasteiger partial charge is 0.358 e. The Morgan fingerprint density at radius 1 is 1.32 bits per heavy atom. The highest BCUT2D eigenvalue weighted by Crippen LogP contribution is 2.27. The minimum atomic E-state index is -3.77. The molecule has 0 bridgehead atoms. The third-order valence-electron chi connectivity index (χ3n) is 2.23. The van der Waals surface area contributed by atoms with Gasteiger partial charge in [0, 0.05) is 11.8 Å². The van der Waals surface area contributed by atoms with Crippen LogP contribution in [-0.2, 0) is 9.84 Å². The van der Waals surface area contributed by atoms with Crippen molar-refractivity contribution < 1.29 is 27.1 Å². The summed E-state index contributed by atoms with van der Waals surface area (Å²) < 4.78 is 40.4. The van der Waals surface area contributed by atoms with Crippen LogP contribution in [0, 0.1) is 5.82 Å². The van der Waals surface area contributed by atoms with E-state index in [0.717, 1.165) is 18.4 Å². The van der Waals surface area contributed by atoms with Gasteiger partial charge < -0.3 is 9.52 Å². The van der Waals surface area contributed by atoms with Crippen LogP contribution in [0.4, 0.5) is 4.39 Å². The number of hydrogen-bond donors (Lipinski definition) is 1. The van der Waals surface area contributed by atoms with Crippen LogP contribution in [0.15, 0.2) is 33.9 Å². The molecule has 0 atom stereocenters. The van der Waals surface area contributed by atoms with Gasteiger partial charge in [-0.05, 0) is 24.3 Å². The van der Waals surface area contributed by atoms with E-state index in [1.54, 1.807) is 0 Å². The molecule has 0 saturated heterocycles. The first-order chi connectivity index (χ1) is 8.79. The van der Waals surface area contributed by atoms with E-state index in [2.05, 4.69) is 4.98 Å². The summed E-state index contributed by atoms with van der Waals surface area (Å²) in [6.07, 6.45) is 0.846. The largest absolute Gasteiger partial charge is 0.476 e. The van der Waals surface area contributed by atoms with Crippen molar-refractivity contribution in [2.75, 3.05) is 6.26 Å². The van der Waals surface area contributed by atoms with Crippen LogP contribution in [0.5, 0.6) is 0 Å². The molecule has 100 valence electrons. The zero-order valence-corrected chi connectivity index (χ0v) is 10.4. The zero-order chi connectivity index (χ0) is 14.2. The Morgan fingerprint density at radius 3 is 2.37 bits per heavy atom. The molecule has 0 aliphatic rings. The normalized spacial score (nSPS) is 11.5. The fourth-order valence-corrected chi connectivity index (χ4v) is 1.89. The number of aromatic carboxylic acids is 1. The maximum atomic E-state index is 12.8. The highest BCUT2D eigenvalue weighted by atomic mass is 32.2. The van der Waals surface area contributed by atoms with Crippen LogP contribution in [0.25, 0.3) is 11.3 Å². The van der Waals surface area contributed by atoms with Crippen molar-refractivity contribution in [1.82, 2.24) is 4.98 Å². The molecule has 0 amide bonds. The molecule has 1 N–H and O–H groups in total. The monoisotopic (exact) mass is 285 g/mol. The standard InChI is InChI=1S/C11H8FNO5S/c1-19(16,17)11-13-8(10(14)15)9(18-11)6-2-4-7(12)5-3-6/h2-5H,1H3,(H,14,15). The number of benzene rings is 1. The van der Waals surface area contributed by atoms with Crippen molar-refractivity contribution in [3.05, 3.63) is 35.8 Å². The Balaban J connectivity index is 2.65.